The van der Waals surface area contributed by atoms with Crippen molar-refractivity contribution < 1.29 is 9.59 Å². The van der Waals surface area contributed by atoms with E-state index in [4.69, 9.17) is 0 Å². The first-order valence-corrected chi connectivity index (χ1v) is 6.85. The van der Waals surface area contributed by atoms with Gasteiger partial charge in [0.15, 0.2) is 0 Å². The van der Waals surface area contributed by atoms with Crippen molar-refractivity contribution in [2.45, 2.75) is 6.42 Å². The van der Waals surface area contributed by atoms with Gasteiger partial charge in [-0.3, -0.25) is 14.9 Å². The lowest BCUT2D eigenvalue weighted by Gasteiger charge is -2.10. The van der Waals surface area contributed by atoms with Gasteiger partial charge >= 0.3 is 0 Å². The summed E-state index contributed by atoms with van der Waals surface area (Å²) < 4.78 is 1.83. The molecule has 100 valence electrons. The van der Waals surface area contributed by atoms with Crippen molar-refractivity contribution in [3.63, 3.8) is 0 Å². The quantitative estimate of drug-likeness (QED) is 0.501. The maximum Gasteiger partial charge on any atom is 0.275 e. The van der Waals surface area contributed by atoms with Crippen LogP contribution in [0.15, 0.2) is 42.6 Å². The molecule has 5 rings (SSSR count). The van der Waals surface area contributed by atoms with Crippen molar-refractivity contribution in [1.29, 1.82) is 0 Å². The second-order valence-corrected chi connectivity index (χ2v) is 5.46. The number of carbonyl (C=O) groups excluding carboxylic acids is 2. The SMILES string of the molecule is O=C1NC(=O)c2c1c1c(c3cccn23)Cc2ccccc2-1. The molecule has 1 N–H and O–H groups in total. The molecule has 1 aliphatic carbocycles. The van der Waals surface area contributed by atoms with Crippen molar-refractivity contribution in [2.24, 2.45) is 0 Å². The summed E-state index contributed by atoms with van der Waals surface area (Å²) in [5.74, 6) is -0.609. The van der Waals surface area contributed by atoms with E-state index in [9.17, 15) is 9.59 Å². The molecule has 3 heterocycles. The second kappa shape index (κ2) is 3.41. The Kier molecular flexibility index (Phi) is 1.76. The maximum absolute atomic E-state index is 12.3. The summed E-state index contributed by atoms with van der Waals surface area (Å²) >= 11 is 0. The number of rotatable bonds is 0. The zero-order chi connectivity index (χ0) is 14.1. The summed E-state index contributed by atoms with van der Waals surface area (Å²) in [5.41, 5.74) is 6.30. The van der Waals surface area contributed by atoms with Crippen LogP contribution in [0.1, 0.15) is 32.0 Å². The summed E-state index contributed by atoms with van der Waals surface area (Å²) in [4.78, 5) is 24.4. The first kappa shape index (κ1) is 10.9. The number of hydrogen-bond acceptors (Lipinski definition) is 2. The molecular formula is C17H10N2O2. The average molecular weight is 274 g/mol. The highest BCUT2D eigenvalue weighted by molar-refractivity contribution is 6.24. The van der Waals surface area contributed by atoms with E-state index >= 15 is 0 Å². The molecule has 4 heteroatoms. The molecule has 2 aliphatic rings. The number of benzene rings is 1. The zero-order valence-electron chi connectivity index (χ0n) is 11.0. The molecule has 21 heavy (non-hydrogen) atoms. The van der Waals surface area contributed by atoms with Crippen LogP contribution in [0.4, 0.5) is 0 Å². The minimum Gasteiger partial charge on any atom is -0.311 e. The van der Waals surface area contributed by atoms with Crippen molar-refractivity contribution in [1.82, 2.24) is 9.72 Å². The van der Waals surface area contributed by atoms with Gasteiger partial charge in [-0.15, -0.1) is 0 Å². The molecule has 1 aliphatic heterocycles. The Morgan fingerprint density at radius 3 is 2.71 bits per heavy atom. The summed E-state index contributed by atoms with van der Waals surface area (Å²) in [6.07, 6.45) is 2.64. The molecule has 0 unspecified atom stereocenters. The van der Waals surface area contributed by atoms with Crippen LogP contribution in [0.2, 0.25) is 0 Å². The Hall–Kier alpha value is -2.88. The van der Waals surface area contributed by atoms with E-state index < -0.39 is 0 Å². The number of fused-ring (bicyclic) bond motifs is 8. The van der Waals surface area contributed by atoms with Gasteiger partial charge in [0.25, 0.3) is 11.8 Å². The monoisotopic (exact) mass is 274 g/mol. The zero-order valence-corrected chi connectivity index (χ0v) is 11.0. The number of nitrogens with one attached hydrogen (secondary N) is 1. The highest BCUT2D eigenvalue weighted by Crippen LogP contribution is 2.43. The van der Waals surface area contributed by atoms with Crippen LogP contribution in [0.25, 0.3) is 16.6 Å². The molecule has 0 fully saturated rings. The lowest BCUT2D eigenvalue weighted by molar-refractivity contribution is 0.0878. The van der Waals surface area contributed by atoms with Crippen LogP contribution >= 0.6 is 0 Å². The van der Waals surface area contributed by atoms with Gasteiger partial charge in [-0.25, -0.2) is 0 Å². The Bertz CT molecular complexity index is 982. The van der Waals surface area contributed by atoms with Crippen molar-refractivity contribution in [3.05, 3.63) is 65.0 Å². The fourth-order valence-electron chi connectivity index (χ4n) is 3.59. The van der Waals surface area contributed by atoms with Crippen LogP contribution in [-0.2, 0) is 6.42 Å². The predicted octanol–water partition coefficient (Wildman–Crippen LogP) is 2.39. The number of amides is 2. The molecule has 3 aromatic rings. The van der Waals surface area contributed by atoms with E-state index in [1.54, 1.807) is 0 Å². The van der Waals surface area contributed by atoms with E-state index in [0.29, 0.717) is 11.3 Å². The molecule has 0 radical (unpaired) electrons. The summed E-state index contributed by atoms with van der Waals surface area (Å²) in [5, 5.41) is 2.43. The van der Waals surface area contributed by atoms with E-state index in [1.807, 2.05) is 40.9 Å². The van der Waals surface area contributed by atoms with E-state index in [1.165, 1.54) is 5.56 Å². The molecule has 0 spiro atoms. The third-order valence-corrected chi connectivity index (χ3v) is 4.41. The topological polar surface area (TPSA) is 50.6 Å². The molecule has 0 saturated carbocycles. The predicted molar refractivity (Wildman–Crippen MR) is 77.4 cm³/mol. The molecular weight excluding hydrogens is 264 g/mol. The van der Waals surface area contributed by atoms with Gasteiger partial charge < -0.3 is 4.40 Å². The molecule has 4 nitrogen and oxygen atoms in total. The van der Waals surface area contributed by atoms with E-state index in [2.05, 4.69) is 11.4 Å². The van der Waals surface area contributed by atoms with E-state index in [-0.39, 0.29) is 11.8 Å². The van der Waals surface area contributed by atoms with Crippen LogP contribution in [-0.4, -0.2) is 16.2 Å². The van der Waals surface area contributed by atoms with E-state index in [0.717, 1.165) is 28.6 Å². The van der Waals surface area contributed by atoms with Crippen LogP contribution < -0.4 is 5.32 Å². The fourth-order valence-corrected chi connectivity index (χ4v) is 3.59. The van der Waals surface area contributed by atoms with Gasteiger partial charge in [-0.1, -0.05) is 24.3 Å². The lowest BCUT2D eigenvalue weighted by atomic mass is 9.99. The van der Waals surface area contributed by atoms with Crippen LogP contribution in [0.5, 0.6) is 0 Å². The van der Waals surface area contributed by atoms with Crippen molar-refractivity contribution in [2.75, 3.05) is 0 Å². The van der Waals surface area contributed by atoms with Gasteiger partial charge in [0.1, 0.15) is 5.69 Å². The van der Waals surface area contributed by atoms with Gasteiger partial charge in [0, 0.05) is 23.7 Å². The number of imide groups is 1. The number of hydrogen-bond donors (Lipinski definition) is 1. The van der Waals surface area contributed by atoms with Crippen LogP contribution in [0, 0.1) is 0 Å². The highest BCUT2D eigenvalue weighted by atomic mass is 16.2. The molecule has 0 atom stereocenters. The minimum atomic E-state index is -0.316. The first-order valence-electron chi connectivity index (χ1n) is 6.85. The van der Waals surface area contributed by atoms with Gasteiger partial charge in [-0.2, -0.15) is 0 Å². The fraction of sp³-hybridized carbons (Fsp3) is 0.0588. The van der Waals surface area contributed by atoms with Gasteiger partial charge in [0.2, 0.25) is 0 Å². The Morgan fingerprint density at radius 1 is 0.952 bits per heavy atom. The van der Waals surface area contributed by atoms with Crippen LogP contribution in [0.3, 0.4) is 0 Å². The third-order valence-electron chi connectivity index (χ3n) is 4.41. The number of aromatic nitrogens is 1. The largest absolute Gasteiger partial charge is 0.311 e. The Labute approximate surface area is 120 Å². The molecule has 1 aromatic carbocycles. The molecule has 2 aromatic heterocycles. The second-order valence-electron chi connectivity index (χ2n) is 5.46. The number of pyridine rings is 1. The first-order chi connectivity index (χ1) is 10.3. The normalized spacial score (nSPS) is 15.0. The number of nitrogens with zero attached hydrogens (tertiary/aromatic N) is 1. The van der Waals surface area contributed by atoms with Crippen molar-refractivity contribution >= 4 is 17.3 Å². The smallest absolute Gasteiger partial charge is 0.275 e. The Balaban J connectivity index is 2.04. The Morgan fingerprint density at radius 2 is 1.81 bits per heavy atom. The van der Waals surface area contributed by atoms with Gasteiger partial charge in [0.05, 0.1) is 5.56 Å². The number of carbonyl (C=O) groups is 2. The molecule has 0 saturated heterocycles. The van der Waals surface area contributed by atoms with Crippen molar-refractivity contribution in [3.8, 4) is 11.1 Å². The molecule has 0 bridgehead atoms. The standard InChI is InChI=1S/C17H10N2O2/c20-16-14-13-10-5-2-1-4-9(10)8-11(13)12-6-3-7-19(12)15(14)17(21)18-16/h1-7H,8H2,(H,18,20,21). The highest BCUT2D eigenvalue weighted by Gasteiger charge is 2.37. The summed E-state index contributed by atoms with van der Waals surface area (Å²) in [6, 6.07) is 12.0. The maximum atomic E-state index is 12.3. The summed E-state index contributed by atoms with van der Waals surface area (Å²) in [6.45, 7) is 0. The molecule has 2 amide bonds. The average Bonchev–Trinajstić information content (AvgIpc) is 3.14. The lowest BCUT2D eigenvalue weighted by Crippen LogP contribution is -2.20. The minimum absolute atomic E-state index is 0.293. The van der Waals surface area contributed by atoms with Gasteiger partial charge in [-0.05, 0) is 28.8 Å². The summed E-state index contributed by atoms with van der Waals surface area (Å²) in [7, 11) is 0. The third kappa shape index (κ3) is 1.16.